The van der Waals surface area contributed by atoms with Crippen molar-refractivity contribution in [3.05, 3.63) is 12.2 Å². The predicted molar refractivity (Wildman–Crippen MR) is 87.4 cm³/mol. The molecule has 0 aromatic rings. The van der Waals surface area contributed by atoms with Gasteiger partial charge in [-0.15, -0.1) is 0 Å². The molecule has 1 heteroatoms. The van der Waals surface area contributed by atoms with Crippen LogP contribution in [0.15, 0.2) is 12.2 Å². The van der Waals surface area contributed by atoms with Gasteiger partial charge in [0.15, 0.2) is 0 Å². The van der Waals surface area contributed by atoms with Crippen LogP contribution in [0.2, 0.25) is 0 Å². The number of ketones is 1. The fourth-order valence-corrected chi connectivity index (χ4v) is 1.14. The zero-order chi connectivity index (χ0) is 15.9. The molecule has 0 aliphatic carbocycles. The van der Waals surface area contributed by atoms with E-state index in [2.05, 4.69) is 67.5 Å². The minimum atomic E-state index is 0.215. The van der Waals surface area contributed by atoms with Crippen LogP contribution in [-0.4, -0.2) is 5.78 Å². The molecule has 0 aliphatic heterocycles. The molecule has 0 aromatic carbocycles. The average Bonchev–Trinajstić information content (AvgIpc) is 2.12. The molecule has 114 valence electrons. The third-order valence-corrected chi connectivity index (χ3v) is 2.34. The molecule has 0 unspecified atom stereocenters. The van der Waals surface area contributed by atoms with E-state index in [9.17, 15) is 4.79 Å². The Kier molecular flexibility index (Phi) is 9.33. The zero-order valence-electron chi connectivity index (χ0n) is 14.9. The Morgan fingerprint density at radius 1 is 0.842 bits per heavy atom. The van der Waals surface area contributed by atoms with Crippen molar-refractivity contribution in [2.45, 2.75) is 75.7 Å². The highest BCUT2D eigenvalue weighted by molar-refractivity contribution is 5.80. The minimum absolute atomic E-state index is 0.215. The maximum absolute atomic E-state index is 11.0. The number of carbonyl (C=O) groups excluding carboxylic acids is 1. The maximum atomic E-state index is 11.0. The van der Waals surface area contributed by atoms with Gasteiger partial charge in [0.25, 0.3) is 0 Å². The van der Waals surface area contributed by atoms with Crippen molar-refractivity contribution in [2.24, 2.45) is 22.7 Å². The van der Waals surface area contributed by atoms with Gasteiger partial charge >= 0.3 is 0 Å². The first-order chi connectivity index (χ1) is 8.24. The van der Waals surface area contributed by atoms with Gasteiger partial charge in [-0.05, 0) is 16.7 Å². The zero-order valence-corrected chi connectivity index (χ0v) is 14.9. The number of allylic oxidation sites excluding steroid dienone is 2. The Morgan fingerprint density at radius 3 is 1.26 bits per heavy atom. The van der Waals surface area contributed by atoms with Crippen LogP contribution in [0, 0.1) is 22.7 Å². The van der Waals surface area contributed by atoms with Crippen molar-refractivity contribution in [1.82, 2.24) is 0 Å². The van der Waals surface area contributed by atoms with E-state index in [1.54, 1.807) is 0 Å². The molecular formula is C18H36O. The molecule has 0 N–H and O–H groups in total. The summed E-state index contributed by atoms with van der Waals surface area (Å²) in [5.41, 5.74) is 0.653. The molecule has 0 bridgehead atoms. The normalized spacial score (nSPS) is 12.8. The summed E-state index contributed by atoms with van der Waals surface area (Å²) in [4.78, 5) is 11.0. The van der Waals surface area contributed by atoms with Crippen LogP contribution in [-0.2, 0) is 4.79 Å². The first-order valence-electron chi connectivity index (χ1n) is 7.47. The average molecular weight is 268 g/mol. The molecule has 19 heavy (non-hydrogen) atoms. The summed E-state index contributed by atoms with van der Waals surface area (Å²) >= 11 is 0. The monoisotopic (exact) mass is 268 g/mol. The lowest BCUT2D eigenvalue weighted by molar-refractivity contribution is -0.122. The SMILES string of the molecule is CC(C)(C)/C=C/C(C)(C)C.CC(C)CC(=O)C(C)C. The molecule has 0 spiro atoms. The quantitative estimate of drug-likeness (QED) is 0.583. The van der Waals surface area contributed by atoms with Gasteiger partial charge in [-0.1, -0.05) is 81.4 Å². The molecule has 0 rings (SSSR count). The van der Waals surface area contributed by atoms with Crippen molar-refractivity contribution in [1.29, 1.82) is 0 Å². The maximum Gasteiger partial charge on any atom is 0.135 e. The molecule has 0 aromatic heterocycles. The molecule has 0 aliphatic rings. The van der Waals surface area contributed by atoms with Gasteiger partial charge in [-0.3, -0.25) is 4.79 Å². The second-order valence-electron chi connectivity index (χ2n) is 8.28. The van der Waals surface area contributed by atoms with E-state index in [1.807, 2.05) is 13.8 Å². The van der Waals surface area contributed by atoms with Crippen molar-refractivity contribution >= 4 is 5.78 Å². The topological polar surface area (TPSA) is 17.1 Å². The summed E-state index contributed by atoms with van der Waals surface area (Å²) in [5.74, 6) is 1.11. The first-order valence-corrected chi connectivity index (χ1v) is 7.47. The van der Waals surface area contributed by atoms with Crippen molar-refractivity contribution in [3.63, 3.8) is 0 Å². The van der Waals surface area contributed by atoms with E-state index >= 15 is 0 Å². The molecule has 0 fully saturated rings. The van der Waals surface area contributed by atoms with Crippen molar-refractivity contribution in [2.75, 3.05) is 0 Å². The Labute approximate surface area is 121 Å². The highest BCUT2D eigenvalue weighted by Crippen LogP contribution is 2.21. The Hall–Kier alpha value is -0.590. The van der Waals surface area contributed by atoms with Crippen LogP contribution < -0.4 is 0 Å². The fourth-order valence-electron chi connectivity index (χ4n) is 1.14. The molecule has 0 amide bonds. The summed E-state index contributed by atoms with van der Waals surface area (Å²) < 4.78 is 0. The smallest absolute Gasteiger partial charge is 0.135 e. The van der Waals surface area contributed by atoms with Gasteiger partial charge in [-0.25, -0.2) is 0 Å². The summed E-state index contributed by atoms with van der Waals surface area (Å²) in [6.45, 7) is 21.3. The van der Waals surface area contributed by atoms with Gasteiger partial charge in [0, 0.05) is 12.3 Å². The number of hydrogen-bond acceptors (Lipinski definition) is 1. The van der Waals surface area contributed by atoms with Gasteiger partial charge in [-0.2, -0.15) is 0 Å². The van der Waals surface area contributed by atoms with Crippen molar-refractivity contribution in [3.8, 4) is 0 Å². The molecule has 0 atom stereocenters. The van der Waals surface area contributed by atoms with Gasteiger partial charge in [0.05, 0.1) is 0 Å². The van der Waals surface area contributed by atoms with Crippen LogP contribution in [0.1, 0.15) is 75.7 Å². The lowest BCUT2D eigenvalue weighted by atomic mass is 9.89. The third kappa shape index (κ3) is 19.9. The Bertz CT molecular complexity index is 253. The molecule has 0 radical (unpaired) electrons. The number of Topliss-reactive ketones (excluding diaryl/α,β-unsaturated/α-hetero) is 1. The van der Waals surface area contributed by atoms with Gasteiger partial charge in [0.1, 0.15) is 5.78 Å². The minimum Gasteiger partial charge on any atom is -0.299 e. The third-order valence-electron chi connectivity index (χ3n) is 2.34. The van der Waals surface area contributed by atoms with Gasteiger partial charge < -0.3 is 0 Å². The lowest BCUT2D eigenvalue weighted by Gasteiger charge is -2.17. The van der Waals surface area contributed by atoms with Crippen LogP contribution >= 0.6 is 0 Å². The summed E-state index contributed by atoms with van der Waals surface area (Å²) in [7, 11) is 0. The van der Waals surface area contributed by atoms with Crippen LogP contribution in [0.25, 0.3) is 0 Å². The van der Waals surface area contributed by atoms with E-state index in [4.69, 9.17) is 0 Å². The number of hydrogen-bond donors (Lipinski definition) is 0. The highest BCUT2D eigenvalue weighted by Gasteiger charge is 2.09. The van der Waals surface area contributed by atoms with Crippen LogP contribution in [0.4, 0.5) is 0 Å². The van der Waals surface area contributed by atoms with E-state index in [0.29, 0.717) is 22.5 Å². The van der Waals surface area contributed by atoms with E-state index < -0.39 is 0 Å². The summed E-state index contributed by atoms with van der Waals surface area (Å²) in [5, 5.41) is 0. The molecule has 0 heterocycles. The Balaban J connectivity index is 0. The number of carbonyl (C=O) groups is 1. The standard InChI is InChI=1S/C10H20.C8H16O/c1-9(2,3)7-8-10(4,5)6;1-6(2)5-8(9)7(3)4/h7-8H,1-6H3;6-7H,5H2,1-4H3/b8-7+;. The first kappa shape index (κ1) is 20.7. The molecule has 0 saturated heterocycles. The molecule has 0 saturated carbocycles. The summed E-state index contributed by atoms with van der Waals surface area (Å²) in [6.07, 6.45) is 5.28. The largest absolute Gasteiger partial charge is 0.299 e. The van der Waals surface area contributed by atoms with Gasteiger partial charge in [0.2, 0.25) is 0 Å². The fraction of sp³-hybridized carbons (Fsp3) is 0.833. The second-order valence-corrected chi connectivity index (χ2v) is 8.28. The van der Waals surface area contributed by atoms with E-state index in [1.165, 1.54) is 0 Å². The Morgan fingerprint density at radius 2 is 1.16 bits per heavy atom. The van der Waals surface area contributed by atoms with Crippen LogP contribution in [0.3, 0.4) is 0 Å². The van der Waals surface area contributed by atoms with E-state index in [-0.39, 0.29) is 5.92 Å². The predicted octanol–water partition coefficient (Wildman–Crippen LogP) is 5.89. The molecule has 1 nitrogen and oxygen atoms in total. The second kappa shape index (κ2) is 8.55. The number of rotatable bonds is 3. The molecular weight excluding hydrogens is 232 g/mol. The highest BCUT2D eigenvalue weighted by atomic mass is 16.1. The lowest BCUT2D eigenvalue weighted by Crippen LogP contribution is -2.09. The van der Waals surface area contributed by atoms with E-state index in [0.717, 1.165) is 6.42 Å². The van der Waals surface area contributed by atoms with Crippen LogP contribution in [0.5, 0.6) is 0 Å². The summed E-state index contributed by atoms with van der Waals surface area (Å²) in [6, 6.07) is 0. The van der Waals surface area contributed by atoms with Crippen molar-refractivity contribution < 1.29 is 4.79 Å².